The van der Waals surface area contributed by atoms with Gasteiger partial charge in [0.15, 0.2) is 5.82 Å². The van der Waals surface area contributed by atoms with Crippen molar-refractivity contribution in [2.45, 2.75) is 20.5 Å². The fraction of sp³-hybridized carbons (Fsp3) is 0.238. The molecule has 1 aromatic carbocycles. The minimum Gasteiger partial charge on any atom is -0.487 e. The molecule has 3 rings (SSSR count). The van der Waals surface area contributed by atoms with Crippen LogP contribution in [0.1, 0.15) is 22.0 Å². The number of aryl methyl sites for hydroxylation is 2. The standard InChI is InChI=1S/C21H22N4O4S/c1-14-9-19(24-29-14)23-20(26)11-25(3)21(27)8-7-16-5-4-6-18(10-16)28-12-17-13-30-15(2)22-17/h4-10,13H,11-12H2,1-3H3,(H,23,24,26)/b8-7+. The molecule has 2 aromatic heterocycles. The molecule has 2 heterocycles. The lowest BCUT2D eigenvalue weighted by Gasteiger charge is -2.14. The van der Waals surface area contributed by atoms with Gasteiger partial charge in [0, 0.05) is 24.6 Å². The predicted molar refractivity (Wildman–Crippen MR) is 114 cm³/mol. The molecule has 8 nitrogen and oxygen atoms in total. The van der Waals surface area contributed by atoms with E-state index in [0.717, 1.165) is 16.3 Å². The van der Waals surface area contributed by atoms with Crippen molar-refractivity contribution in [1.29, 1.82) is 0 Å². The first-order valence-electron chi connectivity index (χ1n) is 9.19. The molecule has 0 aliphatic carbocycles. The number of hydrogen-bond donors (Lipinski definition) is 1. The van der Waals surface area contributed by atoms with Crippen molar-refractivity contribution >= 4 is 35.0 Å². The summed E-state index contributed by atoms with van der Waals surface area (Å²) >= 11 is 1.58. The maximum Gasteiger partial charge on any atom is 0.246 e. The molecule has 156 valence electrons. The topological polar surface area (TPSA) is 97.6 Å². The number of benzene rings is 1. The van der Waals surface area contributed by atoms with Crippen LogP contribution in [0.3, 0.4) is 0 Å². The Bertz CT molecular complexity index is 1060. The van der Waals surface area contributed by atoms with Crippen LogP contribution in [-0.4, -0.2) is 40.4 Å². The normalized spacial score (nSPS) is 10.9. The molecule has 0 fully saturated rings. The summed E-state index contributed by atoms with van der Waals surface area (Å²) in [5, 5.41) is 9.23. The number of nitrogens with one attached hydrogen (secondary N) is 1. The number of nitrogens with zero attached hydrogens (tertiary/aromatic N) is 3. The maximum atomic E-state index is 12.3. The van der Waals surface area contributed by atoms with Crippen molar-refractivity contribution in [3.05, 3.63) is 63.8 Å². The SMILES string of the molecule is Cc1cc(NC(=O)CN(C)C(=O)/C=C/c2cccc(OCc3csc(C)n3)c2)no1. The molecule has 0 atom stereocenters. The van der Waals surface area contributed by atoms with Crippen LogP contribution in [-0.2, 0) is 16.2 Å². The second-order valence-corrected chi connectivity index (χ2v) is 7.68. The van der Waals surface area contributed by atoms with E-state index in [9.17, 15) is 9.59 Å². The monoisotopic (exact) mass is 426 g/mol. The van der Waals surface area contributed by atoms with E-state index in [1.165, 1.54) is 11.0 Å². The molecular weight excluding hydrogens is 404 g/mol. The van der Waals surface area contributed by atoms with Gasteiger partial charge in [0.05, 0.1) is 17.2 Å². The molecule has 0 saturated heterocycles. The molecule has 0 bridgehead atoms. The lowest BCUT2D eigenvalue weighted by atomic mass is 10.2. The summed E-state index contributed by atoms with van der Waals surface area (Å²) in [5.41, 5.74) is 1.69. The third kappa shape index (κ3) is 6.28. The Balaban J connectivity index is 1.51. The number of aromatic nitrogens is 2. The molecule has 2 amide bonds. The zero-order valence-electron chi connectivity index (χ0n) is 16.9. The fourth-order valence-corrected chi connectivity index (χ4v) is 3.13. The van der Waals surface area contributed by atoms with Gasteiger partial charge < -0.3 is 19.5 Å². The van der Waals surface area contributed by atoms with Crippen molar-refractivity contribution in [2.75, 3.05) is 18.9 Å². The molecular formula is C21H22N4O4S. The van der Waals surface area contributed by atoms with Crippen LogP contribution in [0.2, 0.25) is 0 Å². The summed E-state index contributed by atoms with van der Waals surface area (Å²) in [6.45, 7) is 3.96. The highest BCUT2D eigenvalue weighted by Gasteiger charge is 2.12. The Morgan fingerprint density at radius 3 is 2.83 bits per heavy atom. The van der Waals surface area contributed by atoms with Gasteiger partial charge in [-0.05, 0) is 37.6 Å². The Hall–Kier alpha value is -3.46. The molecule has 0 radical (unpaired) electrons. The van der Waals surface area contributed by atoms with Gasteiger partial charge in [0.2, 0.25) is 11.8 Å². The van der Waals surface area contributed by atoms with Crippen molar-refractivity contribution in [2.24, 2.45) is 0 Å². The van der Waals surface area contributed by atoms with Crippen molar-refractivity contribution in [1.82, 2.24) is 15.0 Å². The van der Waals surface area contributed by atoms with Gasteiger partial charge in [-0.25, -0.2) is 4.98 Å². The van der Waals surface area contributed by atoms with E-state index in [1.54, 1.807) is 37.5 Å². The number of anilines is 1. The van der Waals surface area contributed by atoms with Gasteiger partial charge in [-0.15, -0.1) is 11.3 Å². The fourth-order valence-electron chi connectivity index (χ4n) is 2.54. The molecule has 0 spiro atoms. The highest BCUT2D eigenvalue weighted by Crippen LogP contribution is 2.17. The number of carbonyl (C=O) groups excluding carboxylic acids is 2. The van der Waals surface area contributed by atoms with Crippen molar-refractivity contribution in [3.63, 3.8) is 0 Å². The average molecular weight is 426 g/mol. The molecule has 30 heavy (non-hydrogen) atoms. The van der Waals surface area contributed by atoms with Crippen LogP contribution in [0, 0.1) is 13.8 Å². The summed E-state index contributed by atoms with van der Waals surface area (Å²) in [4.78, 5) is 30.0. The quantitative estimate of drug-likeness (QED) is 0.554. The van der Waals surface area contributed by atoms with Crippen molar-refractivity contribution < 1.29 is 18.8 Å². The van der Waals surface area contributed by atoms with E-state index in [0.29, 0.717) is 23.9 Å². The Labute approximate surface area is 178 Å². The summed E-state index contributed by atoms with van der Waals surface area (Å²) < 4.78 is 10.6. The number of hydrogen-bond acceptors (Lipinski definition) is 7. The van der Waals surface area contributed by atoms with Gasteiger partial charge >= 0.3 is 0 Å². The summed E-state index contributed by atoms with van der Waals surface area (Å²) in [6.07, 6.45) is 3.09. The first-order chi connectivity index (χ1) is 14.4. The molecule has 1 N–H and O–H groups in total. The van der Waals surface area contributed by atoms with Gasteiger partial charge in [-0.1, -0.05) is 17.3 Å². The van der Waals surface area contributed by atoms with Gasteiger partial charge in [-0.3, -0.25) is 9.59 Å². The highest BCUT2D eigenvalue weighted by molar-refractivity contribution is 7.09. The first-order valence-corrected chi connectivity index (χ1v) is 10.1. The zero-order chi connectivity index (χ0) is 21.5. The van der Waals surface area contributed by atoms with Gasteiger partial charge in [-0.2, -0.15) is 0 Å². The number of rotatable bonds is 8. The molecule has 3 aromatic rings. The highest BCUT2D eigenvalue weighted by atomic mass is 32.1. The van der Waals surface area contributed by atoms with E-state index in [-0.39, 0.29) is 18.4 Å². The number of ether oxygens (including phenoxy) is 1. The van der Waals surface area contributed by atoms with E-state index in [1.807, 2.05) is 36.6 Å². The molecule has 0 saturated carbocycles. The third-order valence-electron chi connectivity index (χ3n) is 3.98. The Kier molecular flexibility index (Phi) is 6.97. The van der Waals surface area contributed by atoms with E-state index in [4.69, 9.17) is 9.26 Å². The van der Waals surface area contributed by atoms with Crippen molar-refractivity contribution in [3.8, 4) is 5.75 Å². The Morgan fingerprint density at radius 2 is 2.13 bits per heavy atom. The minimum atomic E-state index is -0.361. The number of thiazole rings is 1. The molecule has 0 aliphatic heterocycles. The average Bonchev–Trinajstić information content (AvgIpc) is 3.32. The smallest absolute Gasteiger partial charge is 0.246 e. The lowest BCUT2D eigenvalue weighted by Crippen LogP contribution is -2.33. The summed E-state index contributed by atoms with van der Waals surface area (Å²) in [6, 6.07) is 9.00. The van der Waals surface area contributed by atoms with Gasteiger partial charge in [0.1, 0.15) is 18.1 Å². The second-order valence-electron chi connectivity index (χ2n) is 6.62. The van der Waals surface area contributed by atoms with Crippen LogP contribution in [0.5, 0.6) is 5.75 Å². The largest absolute Gasteiger partial charge is 0.487 e. The van der Waals surface area contributed by atoms with Crippen LogP contribution >= 0.6 is 11.3 Å². The minimum absolute atomic E-state index is 0.106. The van der Waals surface area contributed by atoms with Gasteiger partial charge in [0.25, 0.3) is 0 Å². The number of amides is 2. The maximum absolute atomic E-state index is 12.3. The lowest BCUT2D eigenvalue weighted by molar-refractivity contribution is -0.129. The number of carbonyl (C=O) groups is 2. The summed E-state index contributed by atoms with van der Waals surface area (Å²) in [5.74, 6) is 0.931. The Morgan fingerprint density at radius 1 is 1.30 bits per heavy atom. The third-order valence-corrected chi connectivity index (χ3v) is 4.80. The molecule has 0 aliphatic rings. The number of likely N-dealkylation sites (N-methyl/N-ethyl adjacent to an activating group) is 1. The van der Waals surface area contributed by atoms with Crippen LogP contribution in [0.25, 0.3) is 6.08 Å². The predicted octanol–water partition coefficient (Wildman–Crippen LogP) is 3.44. The van der Waals surface area contributed by atoms with E-state index >= 15 is 0 Å². The van der Waals surface area contributed by atoms with E-state index in [2.05, 4.69) is 15.5 Å². The molecule has 0 unspecified atom stereocenters. The van der Waals surface area contributed by atoms with Crippen LogP contribution in [0.15, 0.2) is 46.3 Å². The van der Waals surface area contributed by atoms with Crippen LogP contribution < -0.4 is 10.1 Å². The second kappa shape index (κ2) is 9.84. The van der Waals surface area contributed by atoms with E-state index < -0.39 is 0 Å². The first kappa shape index (κ1) is 21.3. The molecule has 9 heteroatoms. The summed E-state index contributed by atoms with van der Waals surface area (Å²) in [7, 11) is 1.55. The van der Waals surface area contributed by atoms with Crippen LogP contribution in [0.4, 0.5) is 5.82 Å². The zero-order valence-corrected chi connectivity index (χ0v) is 17.7.